The Morgan fingerprint density at radius 2 is 2.43 bits per heavy atom. The zero-order valence-corrected chi connectivity index (χ0v) is 8.70. The van der Waals surface area contributed by atoms with Gasteiger partial charge in [-0.2, -0.15) is 0 Å². The molecule has 1 aliphatic rings. The molecule has 1 amide bonds. The number of carbonyl (C=O) groups excluding carboxylic acids is 1. The lowest BCUT2D eigenvalue weighted by atomic mass is 10.1. The normalized spacial score (nSPS) is 27.6. The van der Waals surface area contributed by atoms with Gasteiger partial charge in [-0.3, -0.25) is 9.69 Å². The van der Waals surface area contributed by atoms with Crippen LogP contribution in [0.2, 0.25) is 0 Å². The molecular formula is C10H19N3O. The molecule has 80 valence electrons. The maximum absolute atomic E-state index is 11.3. The van der Waals surface area contributed by atoms with Crippen molar-refractivity contribution in [2.45, 2.75) is 13.0 Å². The number of nitrogens with two attached hydrogens (primary N) is 1. The van der Waals surface area contributed by atoms with Crippen LogP contribution in [0.4, 0.5) is 0 Å². The third kappa shape index (κ3) is 3.12. The van der Waals surface area contributed by atoms with E-state index in [1.54, 1.807) is 6.08 Å². The van der Waals surface area contributed by atoms with Gasteiger partial charge in [0.1, 0.15) is 0 Å². The lowest BCUT2D eigenvalue weighted by molar-refractivity contribution is -0.121. The third-order valence-corrected chi connectivity index (χ3v) is 2.56. The summed E-state index contributed by atoms with van der Waals surface area (Å²) in [4.78, 5) is 13.4. The summed E-state index contributed by atoms with van der Waals surface area (Å²) in [5.41, 5.74) is 5.85. The van der Waals surface area contributed by atoms with Crippen LogP contribution >= 0.6 is 0 Å². The molecule has 14 heavy (non-hydrogen) atoms. The molecule has 1 aliphatic heterocycles. The van der Waals surface area contributed by atoms with Gasteiger partial charge in [-0.1, -0.05) is 13.0 Å². The number of rotatable bonds is 4. The van der Waals surface area contributed by atoms with E-state index in [0.29, 0.717) is 19.0 Å². The zero-order valence-electron chi connectivity index (χ0n) is 8.70. The van der Waals surface area contributed by atoms with E-state index in [9.17, 15) is 4.79 Å². The van der Waals surface area contributed by atoms with Gasteiger partial charge in [0, 0.05) is 25.7 Å². The number of hydrogen-bond acceptors (Lipinski definition) is 3. The zero-order chi connectivity index (χ0) is 10.6. The Morgan fingerprint density at radius 3 is 2.93 bits per heavy atom. The van der Waals surface area contributed by atoms with Crippen LogP contribution in [0.15, 0.2) is 12.7 Å². The highest BCUT2D eigenvalue weighted by molar-refractivity contribution is 5.78. The Labute approximate surface area is 85.1 Å². The van der Waals surface area contributed by atoms with Crippen molar-refractivity contribution < 1.29 is 4.79 Å². The Balaban J connectivity index is 2.25. The SMILES string of the molecule is C=CCNC(=O)CN1CC(C)C(N)C1. The van der Waals surface area contributed by atoms with Crippen molar-refractivity contribution in [3.05, 3.63) is 12.7 Å². The van der Waals surface area contributed by atoms with E-state index in [1.807, 2.05) is 0 Å². The van der Waals surface area contributed by atoms with Crippen LogP contribution in [0.5, 0.6) is 0 Å². The minimum absolute atomic E-state index is 0.0474. The van der Waals surface area contributed by atoms with Crippen molar-refractivity contribution in [2.75, 3.05) is 26.2 Å². The number of amides is 1. The highest BCUT2D eigenvalue weighted by Gasteiger charge is 2.27. The van der Waals surface area contributed by atoms with Crippen LogP contribution in [-0.2, 0) is 4.79 Å². The molecule has 0 spiro atoms. The fraction of sp³-hybridized carbons (Fsp3) is 0.700. The molecule has 0 saturated carbocycles. The predicted octanol–water partition coefficient (Wildman–Crippen LogP) is -0.432. The summed E-state index contributed by atoms with van der Waals surface area (Å²) >= 11 is 0. The Hall–Kier alpha value is -0.870. The first-order valence-corrected chi connectivity index (χ1v) is 4.99. The summed E-state index contributed by atoms with van der Waals surface area (Å²) in [6, 6.07) is 0.210. The summed E-state index contributed by atoms with van der Waals surface area (Å²) < 4.78 is 0. The van der Waals surface area contributed by atoms with Crippen LogP contribution < -0.4 is 11.1 Å². The summed E-state index contributed by atoms with van der Waals surface area (Å²) in [7, 11) is 0. The van der Waals surface area contributed by atoms with E-state index in [0.717, 1.165) is 13.1 Å². The van der Waals surface area contributed by atoms with Crippen LogP contribution in [0, 0.1) is 5.92 Å². The smallest absolute Gasteiger partial charge is 0.234 e. The van der Waals surface area contributed by atoms with Gasteiger partial charge in [-0.25, -0.2) is 0 Å². The largest absolute Gasteiger partial charge is 0.352 e. The van der Waals surface area contributed by atoms with Crippen LogP contribution in [0.25, 0.3) is 0 Å². The molecule has 2 unspecified atom stereocenters. The van der Waals surface area contributed by atoms with E-state index in [-0.39, 0.29) is 11.9 Å². The standard InChI is InChI=1S/C10H19N3O/c1-3-4-12-10(14)7-13-5-8(2)9(11)6-13/h3,8-9H,1,4-7,11H2,2H3,(H,12,14). The molecule has 0 aliphatic carbocycles. The van der Waals surface area contributed by atoms with Crippen molar-refractivity contribution in [3.63, 3.8) is 0 Å². The van der Waals surface area contributed by atoms with Gasteiger partial charge in [0.25, 0.3) is 0 Å². The number of nitrogens with one attached hydrogen (secondary N) is 1. The molecule has 0 aromatic carbocycles. The van der Waals surface area contributed by atoms with Gasteiger partial charge >= 0.3 is 0 Å². The maximum Gasteiger partial charge on any atom is 0.234 e. The summed E-state index contributed by atoms with van der Waals surface area (Å²) in [6.45, 7) is 8.39. The minimum Gasteiger partial charge on any atom is -0.352 e. The second kappa shape index (κ2) is 5.12. The molecule has 1 rings (SSSR count). The molecule has 0 aromatic heterocycles. The first kappa shape index (κ1) is 11.2. The van der Waals surface area contributed by atoms with Gasteiger partial charge in [0.15, 0.2) is 0 Å². The molecule has 0 radical (unpaired) electrons. The van der Waals surface area contributed by atoms with Crippen LogP contribution in [0.3, 0.4) is 0 Å². The second-order valence-corrected chi connectivity index (χ2v) is 3.93. The van der Waals surface area contributed by atoms with E-state index >= 15 is 0 Å². The van der Waals surface area contributed by atoms with Crippen molar-refractivity contribution in [1.82, 2.24) is 10.2 Å². The highest BCUT2D eigenvalue weighted by atomic mass is 16.2. The van der Waals surface area contributed by atoms with Gasteiger partial charge < -0.3 is 11.1 Å². The number of likely N-dealkylation sites (tertiary alicyclic amines) is 1. The predicted molar refractivity (Wildman–Crippen MR) is 56.8 cm³/mol. The topological polar surface area (TPSA) is 58.4 Å². The lowest BCUT2D eigenvalue weighted by Gasteiger charge is -2.13. The molecule has 3 N–H and O–H groups in total. The van der Waals surface area contributed by atoms with Crippen molar-refractivity contribution in [3.8, 4) is 0 Å². The van der Waals surface area contributed by atoms with Gasteiger partial charge in [0.2, 0.25) is 5.91 Å². The second-order valence-electron chi connectivity index (χ2n) is 3.93. The molecule has 4 nitrogen and oxygen atoms in total. The molecule has 1 fully saturated rings. The fourth-order valence-electron chi connectivity index (χ4n) is 1.67. The molecule has 2 atom stereocenters. The molecule has 0 bridgehead atoms. The first-order chi connectivity index (χ1) is 6.63. The average molecular weight is 197 g/mol. The van der Waals surface area contributed by atoms with E-state index in [4.69, 9.17) is 5.73 Å². The summed E-state index contributed by atoms with van der Waals surface area (Å²) in [5.74, 6) is 0.536. The number of hydrogen-bond donors (Lipinski definition) is 2. The van der Waals surface area contributed by atoms with Gasteiger partial charge in [-0.15, -0.1) is 6.58 Å². The minimum atomic E-state index is 0.0474. The fourth-order valence-corrected chi connectivity index (χ4v) is 1.67. The summed E-state index contributed by atoms with van der Waals surface area (Å²) in [6.07, 6.45) is 1.68. The quantitative estimate of drug-likeness (QED) is 0.601. The molecule has 0 aromatic rings. The van der Waals surface area contributed by atoms with Crippen molar-refractivity contribution >= 4 is 5.91 Å². The Bertz CT molecular complexity index is 207. The van der Waals surface area contributed by atoms with Crippen molar-refractivity contribution in [2.24, 2.45) is 11.7 Å². The highest BCUT2D eigenvalue weighted by Crippen LogP contribution is 2.13. The maximum atomic E-state index is 11.3. The Morgan fingerprint density at radius 1 is 1.71 bits per heavy atom. The first-order valence-electron chi connectivity index (χ1n) is 4.99. The van der Waals surface area contributed by atoms with Gasteiger partial charge in [0.05, 0.1) is 6.54 Å². The van der Waals surface area contributed by atoms with Crippen LogP contribution in [0.1, 0.15) is 6.92 Å². The van der Waals surface area contributed by atoms with E-state index in [2.05, 4.69) is 23.7 Å². The number of nitrogens with zero attached hydrogens (tertiary/aromatic N) is 1. The Kier molecular flexibility index (Phi) is 4.10. The molecule has 1 saturated heterocycles. The third-order valence-electron chi connectivity index (χ3n) is 2.56. The van der Waals surface area contributed by atoms with E-state index in [1.165, 1.54) is 0 Å². The summed E-state index contributed by atoms with van der Waals surface area (Å²) in [5, 5.41) is 2.75. The van der Waals surface area contributed by atoms with Crippen LogP contribution in [-0.4, -0.2) is 43.0 Å². The lowest BCUT2D eigenvalue weighted by Crippen LogP contribution is -2.37. The number of carbonyl (C=O) groups is 1. The van der Waals surface area contributed by atoms with E-state index < -0.39 is 0 Å². The van der Waals surface area contributed by atoms with Crippen molar-refractivity contribution in [1.29, 1.82) is 0 Å². The average Bonchev–Trinajstić information content (AvgIpc) is 2.42. The molecular weight excluding hydrogens is 178 g/mol. The molecule has 1 heterocycles. The van der Waals surface area contributed by atoms with Gasteiger partial charge in [-0.05, 0) is 5.92 Å². The monoisotopic (exact) mass is 197 g/mol. The molecule has 4 heteroatoms.